The normalized spacial score (nSPS) is 11.3. The highest BCUT2D eigenvalue weighted by atomic mass is 32.2. The van der Waals surface area contributed by atoms with Gasteiger partial charge in [-0.15, -0.1) is 11.3 Å². The highest BCUT2D eigenvalue weighted by Crippen LogP contribution is 2.25. The van der Waals surface area contributed by atoms with Crippen molar-refractivity contribution >= 4 is 33.3 Å². The maximum absolute atomic E-state index is 12.3. The lowest BCUT2D eigenvalue weighted by atomic mass is 10.2. The molecule has 0 saturated heterocycles. The molecule has 0 aliphatic rings. The lowest BCUT2D eigenvalue weighted by Gasteiger charge is -2.11. The van der Waals surface area contributed by atoms with Crippen molar-refractivity contribution in [2.45, 2.75) is 30.9 Å². The van der Waals surface area contributed by atoms with E-state index in [9.17, 15) is 4.79 Å². The van der Waals surface area contributed by atoms with E-state index in [0.29, 0.717) is 5.39 Å². The van der Waals surface area contributed by atoms with E-state index in [0.717, 1.165) is 27.1 Å². The third-order valence-electron chi connectivity index (χ3n) is 3.30. The molecule has 4 nitrogen and oxygen atoms in total. The van der Waals surface area contributed by atoms with E-state index >= 15 is 0 Å². The van der Waals surface area contributed by atoms with Crippen molar-refractivity contribution in [1.82, 2.24) is 9.55 Å². The number of thioether (sulfide) groups is 1. The maximum Gasteiger partial charge on any atom is 0.262 e. The van der Waals surface area contributed by atoms with Gasteiger partial charge in [0.05, 0.1) is 11.5 Å². The Hall–Kier alpha value is -1.79. The summed E-state index contributed by atoms with van der Waals surface area (Å²) >= 11 is 3.06. The van der Waals surface area contributed by atoms with Crippen LogP contribution in [0.15, 0.2) is 45.7 Å². The molecule has 0 N–H and O–H groups in total. The van der Waals surface area contributed by atoms with Crippen LogP contribution < -0.4 is 10.3 Å². The number of hydrogen-bond donors (Lipinski definition) is 0. The second-order valence-corrected chi connectivity index (χ2v) is 7.34. The Balaban J connectivity index is 1.81. The summed E-state index contributed by atoms with van der Waals surface area (Å²) < 4.78 is 7.34. The second kappa shape index (κ2) is 6.76. The van der Waals surface area contributed by atoms with E-state index in [-0.39, 0.29) is 11.7 Å². The van der Waals surface area contributed by atoms with Crippen LogP contribution in [-0.4, -0.2) is 15.7 Å². The van der Waals surface area contributed by atoms with Gasteiger partial charge in [0, 0.05) is 12.8 Å². The molecule has 0 unspecified atom stereocenters. The topological polar surface area (TPSA) is 44.1 Å². The molecule has 0 saturated carbocycles. The minimum absolute atomic E-state index is 0.00985. The predicted molar refractivity (Wildman–Crippen MR) is 96.6 cm³/mol. The zero-order valence-electron chi connectivity index (χ0n) is 13.3. The van der Waals surface area contributed by atoms with E-state index in [4.69, 9.17) is 4.74 Å². The van der Waals surface area contributed by atoms with Crippen LogP contribution in [0.3, 0.4) is 0 Å². The molecule has 0 spiro atoms. The molecule has 0 atom stereocenters. The molecule has 120 valence electrons. The van der Waals surface area contributed by atoms with Gasteiger partial charge in [0.1, 0.15) is 10.6 Å². The first-order chi connectivity index (χ1) is 11.0. The monoisotopic (exact) mass is 346 g/mol. The molecule has 0 radical (unpaired) electrons. The van der Waals surface area contributed by atoms with Crippen LogP contribution in [0.5, 0.6) is 5.75 Å². The highest BCUT2D eigenvalue weighted by molar-refractivity contribution is 7.98. The summed E-state index contributed by atoms with van der Waals surface area (Å²) in [5.74, 6) is 1.61. The molecular weight excluding hydrogens is 328 g/mol. The van der Waals surface area contributed by atoms with Crippen LogP contribution in [0.25, 0.3) is 10.2 Å². The summed E-state index contributed by atoms with van der Waals surface area (Å²) in [4.78, 5) is 17.7. The molecule has 2 aromatic heterocycles. The Kier molecular flexibility index (Phi) is 4.73. The Morgan fingerprint density at radius 3 is 2.96 bits per heavy atom. The molecular formula is C17H18N2O2S2. The minimum atomic E-state index is 0.00985. The van der Waals surface area contributed by atoms with Crippen molar-refractivity contribution in [1.29, 1.82) is 0 Å². The van der Waals surface area contributed by atoms with E-state index in [1.807, 2.05) is 43.5 Å². The number of thiophene rings is 1. The number of aromatic nitrogens is 2. The van der Waals surface area contributed by atoms with Crippen molar-refractivity contribution in [3.63, 3.8) is 0 Å². The van der Waals surface area contributed by atoms with Gasteiger partial charge >= 0.3 is 0 Å². The Bertz CT molecular complexity index is 884. The maximum atomic E-state index is 12.3. The van der Waals surface area contributed by atoms with Gasteiger partial charge < -0.3 is 4.74 Å². The first-order valence-electron chi connectivity index (χ1n) is 7.37. The molecule has 0 aliphatic heterocycles. The number of fused-ring (bicyclic) bond motifs is 1. The number of hydrogen-bond acceptors (Lipinski definition) is 5. The molecule has 23 heavy (non-hydrogen) atoms. The van der Waals surface area contributed by atoms with E-state index < -0.39 is 0 Å². The quantitative estimate of drug-likeness (QED) is 0.516. The average molecular weight is 346 g/mol. The summed E-state index contributed by atoms with van der Waals surface area (Å²) in [7, 11) is 1.77. The van der Waals surface area contributed by atoms with Crippen LogP contribution >= 0.6 is 23.1 Å². The number of ether oxygens (including phenoxy) is 1. The van der Waals surface area contributed by atoms with Crippen molar-refractivity contribution in [2.75, 3.05) is 0 Å². The van der Waals surface area contributed by atoms with Gasteiger partial charge in [-0.3, -0.25) is 9.36 Å². The fourth-order valence-electron chi connectivity index (χ4n) is 2.24. The summed E-state index contributed by atoms with van der Waals surface area (Å²) in [6.45, 7) is 4.02. The van der Waals surface area contributed by atoms with Gasteiger partial charge in [0.25, 0.3) is 5.56 Å². The average Bonchev–Trinajstić information content (AvgIpc) is 2.98. The van der Waals surface area contributed by atoms with Crippen LogP contribution in [0.1, 0.15) is 19.4 Å². The Morgan fingerprint density at radius 2 is 2.17 bits per heavy atom. The van der Waals surface area contributed by atoms with Crippen LogP contribution in [0.4, 0.5) is 0 Å². The Labute approximate surface area is 143 Å². The van der Waals surface area contributed by atoms with E-state index in [1.54, 1.807) is 23.4 Å². The second-order valence-electron chi connectivity index (χ2n) is 5.50. The molecule has 2 heterocycles. The fourth-order valence-corrected chi connectivity index (χ4v) is 3.96. The van der Waals surface area contributed by atoms with Crippen LogP contribution in [0.2, 0.25) is 0 Å². The molecule has 0 fully saturated rings. The van der Waals surface area contributed by atoms with Crippen LogP contribution in [-0.2, 0) is 12.8 Å². The third-order valence-corrected chi connectivity index (χ3v) is 5.21. The van der Waals surface area contributed by atoms with Crippen molar-refractivity contribution in [2.24, 2.45) is 7.05 Å². The summed E-state index contributed by atoms with van der Waals surface area (Å²) in [6, 6.07) is 9.87. The van der Waals surface area contributed by atoms with Crippen molar-refractivity contribution in [3.8, 4) is 5.75 Å². The minimum Gasteiger partial charge on any atom is -0.491 e. The summed E-state index contributed by atoms with van der Waals surface area (Å²) in [5.41, 5.74) is 1.16. The third kappa shape index (κ3) is 3.59. The summed E-state index contributed by atoms with van der Waals surface area (Å²) in [6.07, 6.45) is 0.154. The lowest BCUT2D eigenvalue weighted by Crippen LogP contribution is -2.19. The van der Waals surface area contributed by atoms with Gasteiger partial charge in [0.2, 0.25) is 0 Å². The number of rotatable bonds is 5. The SMILES string of the molecule is CC(C)Oc1cccc(CSc2nc3sccc3c(=O)n2C)c1. The van der Waals surface area contributed by atoms with Crippen LogP contribution in [0, 0.1) is 0 Å². The van der Waals surface area contributed by atoms with Crippen molar-refractivity contribution in [3.05, 3.63) is 51.6 Å². The molecule has 3 aromatic rings. The highest BCUT2D eigenvalue weighted by Gasteiger charge is 2.10. The molecule has 3 rings (SSSR count). The van der Waals surface area contributed by atoms with Gasteiger partial charge in [-0.1, -0.05) is 23.9 Å². The zero-order chi connectivity index (χ0) is 16.4. The first kappa shape index (κ1) is 16.1. The van der Waals surface area contributed by atoms with Gasteiger partial charge in [-0.2, -0.15) is 0 Å². The zero-order valence-corrected chi connectivity index (χ0v) is 14.9. The standard InChI is InChI=1S/C17H18N2O2S2/c1-11(2)21-13-6-4-5-12(9-13)10-23-17-18-15-14(7-8-22-15)16(20)19(17)3/h4-9,11H,10H2,1-3H3. The molecule has 1 aromatic carbocycles. The smallest absolute Gasteiger partial charge is 0.262 e. The van der Waals surface area contributed by atoms with Crippen molar-refractivity contribution < 1.29 is 4.74 Å². The van der Waals surface area contributed by atoms with Gasteiger partial charge in [0.15, 0.2) is 5.16 Å². The first-order valence-corrected chi connectivity index (χ1v) is 9.24. The molecule has 0 aliphatic carbocycles. The largest absolute Gasteiger partial charge is 0.491 e. The van der Waals surface area contributed by atoms with E-state index in [2.05, 4.69) is 11.1 Å². The van der Waals surface area contributed by atoms with Gasteiger partial charge in [-0.25, -0.2) is 4.98 Å². The number of benzene rings is 1. The molecule has 6 heteroatoms. The fraction of sp³-hybridized carbons (Fsp3) is 0.294. The number of nitrogens with zero attached hydrogens (tertiary/aromatic N) is 2. The van der Waals surface area contributed by atoms with E-state index in [1.165, 1.54) is 11.3 Å². The Morgan fingerprint density at radius 1 is 1.35 bits per heavy atom. The molecule has 0 amide bonds. The van der Waals surface area contributed by atoms with Gasteiger partial charge in [-0.05, 0) is 43.0 Å². The predicted octanol–water partition coefficient (Wildman–Crippen LogP) is 4.07. The lowest BCUT2D eigenvalue weighted by molar-refractivity contribution is 0.242. The molecule has 0 bridgehead atoms. The summed E-state index contributed by atoms with van der Waals surface area (Å²) in [5, 5.41) is 3.33.